The first kappa shape index (κ1) is 10.7. The molecule has 0 bridgehead atoms. The largest absolute Gasteiger partial charge is 0.274 e. The van der Waals surface area contributed by atoms with Crippen LogP contribution in [0, 0.1) is 0 Å². The van der Waals surface area contributed by atoms with Crippen molar-refractivity contribution in [1.82, 2.24) is 10.5 Å². The van der Waals surface area contributed by atoms with Crippen molar-refractivity contribution < 1.29 is 9.63 Å². The highest BCUT2D eigenvalue weighted by molar-refractivity contribution is 5.93. The summed E-state index contributed by atoms with van der Waals surface area (Å²) in [5.41, 5.74) is 2.52. The zero-order valence-corrected chi connectivity index (χ0v) is 8.57. The van der Waals surface area contributed by atoms with E-state index >= 15 is 0 Å². The molecule has 0 saturated heterocycles. The van der Waals surface area contributed by atoms with E-state index in [0.29, 0.717) is 5.56 Å². The van der Waals surface area contributed by atoms with E-state index in [-0.39, 0.29) is 11.5 Å². The number of hydroxylamine groups is 1. The molecule has 4 heteroatoms. The van der Waals surface area contributed by atoms with Crippen LogP contribution >= 0.6 is 0 Å². The molecule has 4 nitrogen and oxygen atoms in total. The second-order valence-corrected chi connectivity index (χ2v) is 3.88. The number of amides is 1. The van der Waals surface area contributed by atoms with Gasteiger partial charge in [-0.3, -0.25) is 14.6 Å². The number of carbonyl (C=O) groups is 1. The number of pyridine rings is 1. The molecule has 0 spiro atoms. The molecule has 1 aromatic rings. The topological polar surface area (TPSA) is 51.2 Å². The summed E-state index contributed by atoms with van der Waals surface area (Å²) in [6, 6.07) is 3.25. The molecule has 0 unspecified atom stereocenters. The Morgan fingerprint density at radius 2 is 1.93 bits per heavy atom. The molecule has 0 aliphatic carbocycles. The average molecular weight is 194 g/mol. The molecule has 0 aliphatic rings. The van der Waals surface area contributed by atoms with Crippen molar-refractivity contribution in [2.24, 2.45) is 0 Å². The summed E-state index contributed by atoms with van der Waals surface area (Å²) in [6.45, 7) is 5.58. The number of rotatable bonds is 2. The van der Waals surface area contributed by atoms with E-state index in [1.54, 1.807) is 24.5 Å². The van der Waals surface area contributed by atoms with Gasteiger partial charge in [-0.1, -0.05) is 0 Å². The standard InChI is InChI=1S/C10H14N2O2/c1-10(2,3)14-12-9(13)8-4-6-11-7-5-8/h4-7H,1-3H3,(H,12,13). The zero-order chi connectivity index (χ0) is 10.6. The third kappa shape index (κ3) is 3.53. The average Bonchev–Trinajstić information content (AvgIpc) is 2.14. The number of hydrogen-bond donors (Lipinski definition) is 1. The molecule has 14 heavy (non-hydrogen) atoms. The molecule has 1 rings (SSSR count). The summed E-state index contributed by atoms with van der Waals surface area (Å²) in [5, 5.41) is 0. The normalized spacial score (nSPS) is 11.1. The van der Waals surface area contributed by atoms with Crippen LogP contribution in [-0.4, -0.2) is 16.5 Å². The molecule has 1 N–H and O–H groups in total. The Hall–Kier alpha value is -1.42. The molecule has 0 radical (unpaired) electrons. The van der Waals surface area contributed by atoms with Crippen LogP contribution in [0.25, 0.3) is 0 Å². The van der Waals surface area contributed by atoms with Gasteiger partial charge in [0.15, 0.2) is 0 Å². The third-order valence-corrected chi connectivity index (χ3v) is 1.39. The predicted octanol–water partition coefficient (Wildman–Crippen LogP) is 1.54. The van der Waals surface area contributed by atoms with E-state index in [4.69, 9.17) is 4.84 Å². The van der Waals surface area contributed by atoms with Gasteiger partial charge in [-0.15, -0.1) is 0 Å². The molecule has 0 saturated carbocycles. The van der Waals surface area contributed by atoms with Crippen molar-refractivity contribution in [3.63, 3.8) is 0 Å². The van der Waals surface area contributed by atoms with Gasteiger partial charge >= 0.3 is 0 Å². The van der Waals surface area contributed by atoms with Crippen LogP contribution in [0.4, 0.5) is 0 Å². The van der Waals surface area contributed by atoms with E-state index in [0.717, 1.165) is 0 Å². The van der Waals surface area contributed by atoms with E-state index in [9.17, 15) is 4.79 Å². The Morgan fingerprint density at radius 3 is 2.43 bits per heavy atom. The minimum absolute atomic E-state index is 0.262. The fraction of sp³-hybridized carbons (Fsp3) is 0.400. The van der Waals surface area contributed by atoms with Crippen molar-refractivity contribution in [3.8, 4) is 0 Å². The fourth-order valence-corrected chi connectivity index (χ4v) is 0.762. The Bertz CT molecular complexity index is 304. The zero-order valence-electron chi connectivity index (χ0n) is 8.57. The van der Waals surface area contributed by atoms with Gasteiger partial charge in [-0.2, -0.15) is 0 Å². The molecule has 1 amide bonds. The molecular weight excluding hydrogens is 180 g/mol. The fourth-order valence-electron chi connectivity index (χ4n) is 0.762. The number of hydrogen-bond acceptors (Lipinski definition) is 3. The lowest BCUT2D eigenvalue weighted by Crippen LogP contribution is -2.33. The minimum Gasteiger partial charge on any atom is -0.268 e. The SMILES string of the molecule is CC(C)(C)ONC(=O)c1ccncc1. The van der Waals surface area contributed by atoms with Crippen molar-refractivity contribution >= 4 is 5.91 Å². The highest BCUT2D eigenvalue weighted by Crippen LogP contribution is 2.04. The Balaban J connectivity index is 2.52. The first-order chi connectivity index (χ1) is 6.49. The lowest BCUT2D eigenvalue weighted by molar-refractivity contribution is -0.0589. The molecule has 76 valence electrons. The lowest BCUT2D eigenvalue weighted by atomic mass is 10.2. The first-order valence-corrected chi connectivity index (χ1v) is 4.37. The minimum atomic E-state index is -0.386. The first-order valence-electron chi connectivity index (χ1n) is 4.37. The van der Waals surface area contributed by atoms with E-state index < -0.39 is 0 Å². The highest BCUT2D eigenvalue weighted by Gasteiger charge is 2.13. The second-order valence-electron chi connectivity index (χ2n) is 3.88. The van der Waals surface area contributed by atoms with Crippen LogP contribution in [0.2, 0.25) is 0 Å². The van der Waals surface area contributed by atoms with Gasteiger partial charge in [0.25, 0.3) is 5.91 Å². The van der Waals surface area contributed by atoms with Gasteiger partial charge in [0, 0.05) is 18.0 Å². The summed E-state index contributed by atoms with van der Waals surface area (Å²) < 4.78 is 0. The van der Waals surface area contributed by atoms with E-state index in [1.165, 1.54) is 0 Å². The Kier molecular flexibility index (Phi) is 3.19. The van der Waals surface area contributed by atoms with Crippen LogP contribution in [-0.2, 0) is 4.84 Å². The summed E-state index contributed by atoms with van der Waals surface area (Å²) >= 11 is 0. The van der Waals surface area contributed by atoms with Crippen molar-refractivity contribution in [2.75, 3.05) is 0 Å². The molecule has 0 aromatic carbocycles. The van der Waals surface area contributed by atoms with Crippen LogP contribution < -0.4 is 5.48 Å². The molecule has 1 heterocycles. The maximum atomic E-state index is 11.4. The Labute approximate surface area is 83.3 Å². The Morgan fingerprint density at radius 1 is 1.36 bits per heavy atom. The quantitative estimate of drug-likeness (QED) is 0.726. The number of nitrogens with one attached hydrogen (secondary N) is 1. The molecule has 0 atom stereocenters. The molecule has 0 aliphatic heterocycles. The van der Waals surface area contributed by atoms with Gasteiger partial charge in [-0.25, -0.2) is 5.48 Å². The van der Waals surface area contributed by atoms with E-state index in [1.807, 2.05) is 20.8 Å². The number of carbonyl (C=O) groups excluding carboxylic acids is 1. The van der Waals surface area contributed by atoms with Gasteiger partial charge < -0.3 is 0 Å². The smallest absolute Gasteiger partial charge is 0.268 e. The van der Waals surface area contributed by atoms with Gasteiger partial charge in [0.05, 0.1) is 5.60 Å². The van der Waals surface area contributed by atoms with Crippen molar-refractivity contribution in [2.45, 2.75) is 26.4 Å². The molecular formula is C10H14N2O2. The van der Waals surface area contributed by atoms with Crippen LogP contribution in [0.1, 0.15) is 31.1 Å². The van der Waals surface area contributed by atoms with Crippen molar-refractivity contribution in [1.29, 1.82) is 0 Å². The maximum absolute atomic E-state index is 11.4. The van der Waals surface area contributed by atoms with Crippen molar-refractivity contribution in [3.05, 3.63) is 30.1 Å². The molecule has 1 aromatic heterocycles. The summed E-state index contributed by atoms with van der Waals surface area (Å²) in [6.07, 6.45) is 3.12. The van der Waals surface area contributed by atoms with Crippen LogP contribution in [0.5, 0.6) is 0 Å². The predicted molar refractivity (Wildman–Crippen MR) is 52.5 cm³/mol. The number of aromatic nitrogens is 1. The van der Waals surface area contributed by atoms with Gasteiger partial charge in [0.1, 0.15) is 0 Å². The van der Waals surface area contributed by atoms with Crippen LogP contribution in [0.15, 0.2) is 24.5 Å². The molecule has 0 fully saturated rings. The maximum Gasteiger partial charge on any atom is 0.274 e. The van der Waals surface area contributed by atoms with Gasteiger partial charge in [0.2, 0.25) is 0 Å². The lowest BCUT2D eigenvalue weighted by Gasteiger charge is -2.18. The highest BCUT2D eigenvalue weighted by atomic mass is 16.7. The summed E-state index contributed by atoms with van der Waals surface area (Å²) in [4.78, 5) is 20.4. The van der Waals surface area contributed by atoms with Gasteiger partial charge in [-0.05, 0) is 32.9 Å². The second kappa shape index (κ2) is 4.19. The third-order valence-electron chi connectivity index (χ3n) is 1.39. The van der Waals surface area contributed by atoms with Crippen LogP contribution in [0.3, 0.4) is 0 Å². The number of nitrogens with zero attached hydrogens (tertiary/aromatic N) is 1. The van der Waals surface area contributed by atoms with E-state index in [2.05, 4.69) is 10.5 Å². The monoisotopic (exact) mass is 194 g/mol. The summed E-state index contributed by atoms with van der Waals surface area (Å²) in [7, 11) is 0. The summed E-state index contributed by atoms with van der Waals surface area (Å²) in [5.74, 6) is -0.262.